The largest absolute Gasteiger partial charge is 0.504 e. The van der Waals surface area contributed by atoms with Gasteiger partial charge in [-0.1, -0.05) is 24.3 Å². The number of phenolic OH excluding ortho intramolecular Hbond substituents is 1. The number of para-hydroxylation sites is 1. The molecule has 1 aliphatic rings. The third kappa shape index (κ3) is 6.05. The Hall–Kier alpha value is -3.95. The van der Waals surface area contributed by atoms with Crippen molar-refractivity contribution in [1.82, 2.24) is 14.8 Å². The summed E-state index contributed by atoms with van der Waals surface area (Å²) in [6.45, 7) is 3.43. The van der Waals surface area contributed by atoms with Gasteiger partial charge in [-0.15, -0.1) is 0 Å². The minimum absolute atomic E-state index is 0.0308. The predicted octanol–water partition coefficient (Wildman–Crippen LogP) is 5.42. The smallest absolute Gasteiger partial charge is 0.253 e. The second-order valence-electron chi connectivity index (χ2n) is 9.34. The molecule has 202 valence electrons. The van der Waals surface area contributed by atoms with Crippen molar-refractivity contribution in [2.75, 3.05) is 45.1 Å². The first-order valence-corrected chi connectivity index (χ1v) is 13.7. The van der Waals surface area contributed by atoms with E-state index >= 15 is 0 Å². The molecule has 9 heteroatoms. The molecule has 0 saturated carbocycles. The predicted molar refractivity (Wildman–Crippen MR) is 155 cm³/mol. The van der Waals surface area contributed by atoms with Crippen molar-refractivity contribution in [3.8, 4) is 17.2 Å². The number of aromatic nitrogens is 1. The maximum Gasteiger partial charge on any atom is 0.253 e. The Morgan fingerprint density at radius 2 is 1.79 bits per heavy atom. The van der Waals surface area contributed by atoms with Crippen molar-refractivity contribution in [2.24, 2.45) is 0 Å². The van der Waals surface area contributed by atoms with Crippen molar-refractivity contribution in [3.05, 3.63) is 84.1 Å². The van der Waals surface area contributed by atoms with Crippen LogP contribution in [0.5, 0.6) is 17.2 Å². The lowest BCUT2D eigenvalue weighted by atomic mass is 10.1. The number of carbonyl (C=O) groups excluding carboxylic acids is 1. The summed E-state index contributed by atoms with van der Waals surface area (Å²) < 4.78 is 14.0. The molecule has 0 aliphatic carbocycles. The van der Waals surface area contributed by atoms with Crippen LogP contribution in [0.4, 0.5) is 5.69 Å². The first-order valence-electron chi connectivity index (χ1n) is 12.9. The van der Waals surface area contributed by atoms with E-state index in [1.807, 2.05) is 53.4 Å². The number of amides is 1. The summed E-state index contributed by atoms with van der Waals surface area (Å²) in [6, 6.07) is 21.4. The SMILES string of the molecule is COc1ccc(CN2CCCN(C(=O)c3ccc(NSc4cccc5cccnc45)cc3)CC2)c(O)c1OC. The number of nitrogens with one attached hydrogen (secondary N) is 1. The van der Waals surface area contributed by atoms with Gasteiger partial charge in [0.1, 0.15) is 0 Å². The number of fused-ring (bicyclic) bond motifs is 1. The third-order valence-corrected chi connectivity index (χ3v) is 7.77. The van der Waals surface area contributed by atoms with E-state index in [1.54, 1.807) is 19.4 Å². The van der Waals surface area contributed by atoms with Gasteiger partial charge in [0, 0.05) is 61.1 Å². The number of hydrogen-bond donors (Lipinski definition) is 2. The molecule has 2 heterocycles. The van der Waals surface area contributed by atoms with E-state index in [0.29, 0.717) is 36.7 Å². The van der Waals surface area contributed by atoms with Gasteiger partial charge in [-0.05, 0) is 60.8 Å². The van der Waals surface area contributed by atoms with Gasteiger partial charge in [0.25, 0.3) is 5.91 Å². The molecule has 39 heavy (non-hydrogen) atoms. The molecule has 0 atom stereocenters. The number of nitrogens with zero attached hydrogens (tertiary/aromatic N) is 3. The molecule has 1 aliphatic heterocycles. The van der Waals surface area contributed by atoms with Crippen LogP contribution >= 0.6 is 11.9 Å². The van der Waals surface area contributed by atoms with Gasteiger partial charge in [0.15, 0.2) is 11.5 Å². The number of rotatable bonds is 8. The van der Waals surface area contributed by atoms with Crippen LogP contribution in [-0.2, 0) is 6.54 Å². The number of anilines is 1. The van der Waals surface area contributed by atoms with Crippen LogP contribution in [0.3, 0.4) is 0 Å². The van der Waals surface area contributed by atoms with E-state index < -0.39 is 0 Å². The fourth-order valence-corrected chi connectivity index (χ4v) is 5.57. The highest BCUT2D eigenvalue weighted by atomic mass is 32.2. The molecule has 0 unspecified atom stereocenters. The average molecular weight is 545 g/mol. The first kappa shape index (κ1) is 26.6. The molecule has 4 aromatic rings. The molecule has 0 bridgehead atoms. The van der Waals surface area contributed by atoms with E-state index in [2.05, 4.69) is 26.7 Å². The Balaban J connectivity index is 1.17. The van der Waals surface area contributed by atoms with Crippen LogP contribution in [-0.4, -0.2) is 66.2 Å². The van der Waals surface area contributed by atoms with Crippen molar-refractivity contribution < 1.29 is 19.4 Å². The van der Waals surface area contributed by atoms with Gasteiger partial charge >= 0.3 is 0 Å². The fourth-order valence-electron chi connectivity index (χ4n) is 4.79. The topological polar surface area (TPSA) is 87.2 Å². The minimum Gasteiger partial charge on any atom is -0.504 e. The highest BCUT2D eigenvalue weighted by Crippen LogP contribution is 2.39. The van der Waals surface area contributed by atoms with Crippen LogP contribution < -0.4 is 14.2 Å². The Morgan fingerprint density at radius 3 is 2.59 bits per heavy atom. The number of carbonyl (C=O) groups is 1. The lowest BCUT2D eigenvalue weighted by Gasteiger charge is -2.23. The number of hydrogen-bond acceptors (Lipinski definition) is 8. The number of phenols is 1. The van der Waals surface area contributed by atoms with Crippen molar-refractivity contribution >= 4 is 34.4 Å². The molecule has 1 aromatic heterocycles. The molecule has 0 radical (unpaired) electrons. The summed E-state index contributed by atoms with van der Waals surface area (Å²) >= 11 is 1.51. The van der Waals surface area contributed by atoms with E-state index in [1.165, 1.54) is 19.1 Å². The number of ether oxygens (including phenoxy) is 2. The van der Waals surface area contributed by atoms with Gasteiger partial charge in [-0.2, -0.15) is 0 Å². The number of aromatic hydroxyl groups is 1. The number of benzene rings is 3. The molecule has 0 spiro atoms. The maximum absolute atomic E-state index is 13.3. The van der Waals surface area contributed by atoms with E-state index in [4.69, 9.17) is 9.47 Å². The standard InChI is InChI=1S/C30H32N4O4S/c1-37-25-14-11-23(28(35)29(25)38-2)20-33-16-5-17-34(19-18-33)30(36)22-9-12-24(13-10-22)32-39-26-8-3-6-21-7-4-15-31-27(21)26/h3-4,6-15,32,35H,5,16-20H2,1-2H3. The van der Waals surface area contributed by atoms with Crippen molar-refractivity contribution in [2.45, 2.75) is 17.9 Å². The average Bonchev–Trinajstić information content (AvgIpc) is 3.22. The highest BCUT2D eigenvalue weighted by molar-refractivity contribution is 8.00. The molecule has 3 aromatic carbocycles. The molecule has 2 N–H and O–H groups in total. The summed E-state index contributed by atoms with van der Waals surface area (Å²) in [4.78, 5) is 23.0. The monoisotopic (exact) mass is 544 g/mol. The third-order valence-electron chi connectivity index (χ3n) is 6.88. The molecule has 5 rings (SSSR count). The zero-order valence-electron chi connectivity index (χ0n) is 22.1. The van der Waals surface area contributed by atoms with Crippen LogP contribution in [0.1, 0.15) is 22.3 Å². The Kier molecular flexibility index (Phi) is 8.39. The molecule has 1 fully saturated rings. The molecular formula is C30H32N4O4S. The van der Waals surface area contributed by atoms with Gasteiger partial charge in [-0.25, -0.2) is 0 Å². The lowest BCUT2D eigenvalue weighted by molar-refractivity contribution is 0.0761. The quantitative estimate of drug-likeness (QED) is 0.284. The van der Waals surface area contributed by atoms with Gasteiger partial charge < -0.3 is 24.2 Å². The zero-order valence-corrected chi connectivity index (χ0v) is 22.9. The zero-order chi connectivity index (χ0) is 27.2. The summed E-state index contributed by atoms with van der Waals surface area (Å²) in [7, 11) is 3.06. The molecule has 8 nitrogen and oxygen atoms in total. The van der Waals surface area contributed by atoms with Gasteiger partial charge in [-0.3, -0.25) is 14.7 Å². The molecule has 1 amide bonds. The van der Waals surface area contributed by atoms with E-state index in [0.717, 1.165) is 46.6 Å². The second kappa shape index (κ2) is 12.3. The number of pyridine rings is 1. The minimum atomic E-state index is 0.0308. The maximum atomic E-state index is 13.3. The summed E-state index contributed by atoms with van der Waals surface area (Å²) in [5.41, 5.74) is 3.32. The Bertz CT molecular complexity index is 1440. The highest BCUT2D eigenvalue weighted by Gasteiger charge is 2.22. The Morgan fingerprint density at radius 1 is 0.974 bits per heavy atom. The summed E-state index contributed by atoms with van der Waals surface area (Å²) in [5.74, 6) is 0.962. The summed E-state index contributed by atoms with van der Waals surface area (Å²) in [6.07, 6.45) is 2.66. The van der Waals surface area contributed by atoms with Crippen molar-refractivity contribution in [3.63, 3.8) is 0 Å². The van der Waals surface area contributed by atoms with E-state index in [9.17, 15) is 9.90 Å². The van der Waals surface area contributed by atoms with Gasteiger partial charge in [0.05, 0.1) is 24.6 Å². The lowest BCUT2D eigenvalue weighted by Crippen LogP contribution is -2.35. The van der Waals surface area contributed by atoms with E-state index in [-0.39, 0.29) is 11.7 Å². The van der Waals surface area contributed by atoms with Crippen molar-refractivity contribution in [1.29, 1.82) is 0 Å². The molecule has 1 saturated heterocycles. The van der Waals surface area contributed by atoms with Crippen LogP contribution in [0.2, 0.25) is 0 Å². The summed E-state index contributed by atoms with van der Waals surface area (Å²) in [5, 5.41) is 11.8. The normalized spacial score (nSPS) is 14.2. The van der Waals surface area contributed by atoms with Crippen LogP contribution in [0.15, 0.2) is 77.8 Å². The first-order chi connectivity index (χ1) is 19.1. The fraction of sp³-hybridized carbons (Fsp3) is 0.267. The Labute approximate surface area is 232 Å². The van der Waals surface area contributed by atoms with Crippen LogP contribution in [0, 0.1) is 0 Å². The van der Waals surface area contributed by atoms with Crippen LogP contribution in [0.25, 0.3) is 10.9 Å². The molecular weight excluding hydrogens is 512 g/mol. The van der Waals surface area contributed by atoms with Gasteiger partial charge in [0.2, 0.25) is 5.75 Å². The number of methoxy groups -OCH3 is 2. The second-order valence-corrected chi connectivity index (χ2v) is 10.2.